The fraction of sp³-hybridized carbons (Fsp3) is 0.592. The quantitative estimate of drug-likeness (QED) is 0.0508. The predicted octanol–water partition coefficient (Wildman–Crippen LogP) is 7.49. The second kappa shape index (κ2) is 21.1. The molecular formula is C49H65F3N8O8S. The average molecular weight is 983 g/mol. The van der Waals surface area contributed by atoms with Crippen LogP contribution in [0.1, 0.15) is 103 Å². The molecule has 0 radical (unpaired) electrons. The number of ketones is 1. The van der Waals surface area contributed by atoms with Crippen molar-refractivity contribution in [1.29, 1.82) is 0 Å². The third-order valence-electron chi connectivity index (χ3n) is 12.9. The van der Waals surface area contributed by atoms with Crippen molar-refractivity contribution in [3.05, 3.63) is 52.1 Å². The first-order valence-corrected chi connectivity index (χ1v) is 24.3. The van der Waals surface area contributed by atoms with E-state index in [0.29, 0.717) is 57.5 Å². The summed E-state index contributed by atoms with van der Waals surface area (Å²) in [6.07, 6.45) is -2.89. The van der Waals surface area contributed by atoms with Gasteiger partial charge in [0.05, 0.1) is 65.4 Å². The Morgan fingerprint density at radius 3 is 2.36 bits per heavy atom. The molecule has 3 fully saturated rings. The molecule has 2 saturated heterocycles. The fourth-order valence-corrected chi connectivity index (χ4v) is 10.1. The summed E-state index contributed by atoms with van der Waals surface area (Å²) in [4.78, 5) is 67.5. The number of nitrogens with zero attached hydrogens (tertiary/aromatic N) is 5. The number of amides is 1. The molecular weight excluding hydrogens is 918 g/mol. The molecule has 4 aromatic rings. The molecule has 5 heterocycles. The minimum Gasteiger partial charge on any atom is -0.467 e. The highest BCUT2D eigenvalue weighted by Gasteiger charge is 2.51. The standard InChI is InChI=1S/C49H65F3N8O8S/c1-28(65-8)40-34(22-32(25-53-40)59-19-17-58(18-20-59)31-12-13-31)41-35(24-48(6,7)27-67-29(2)61)33-21-30(11-14-38(33)60(41)44(52)43(50)51)37-26-69-39(55-37)23-36(56-46(64)68-47(3,4)5)42(62)49(45(63)66-9)15-10-16-54-57-49/h11,14,21-22,25-26,28,31,36,43-44,54,57H,10,12-13,15-20,23-24,27H2,1-9H3,(H,56,64)/t28-,36?,44?,49?/m0/s1. The van der Waals surface area contributed by atoms with Crippen LogP contribution < -0.4 is 21.1 Å². The number of rotatable bonds is 18. The van der Waals surface area contributed by atoms with E-state index in [9.17, 15) is 28.0 Å². The monoisotopic (exact) mass is 982 g/mol. The molecule has 1 saturated carbocycles. The van der Waals surface area contributed by atoms with Gasteiger partial charge in [-0.05, 0) is 83.6 Å². The van der Waals surface area contributed by atoms with E-state index in [1.165, 1.54) is 45.3 Å². The minimum absolute atomic E-state index is 0.0115. The molecule has 4 atom stereocenters. The van der Waals surface area contributed by atoms with Gasteiger partial charge in [0.25, 0.3) is 6.43 Å². The number of anilines is 1. The van der Waals surface area contributed by atoms with Gasteiger partial charge in [-0.25, -0.2) is 33.2 Å². The lowest BCUT2D eigenvalue weighted by Gasteiger charge is -2.37. The minimum atomic E-state index is -3.40. The molecule has 16 nitrogen and oxygen atoms in total. The Bertz CT molecular complexity index is 2510. The van der Waals surface area contributed by atoms with Gasteiger partial charge >= 0.3 is 18.0 Å². The van der Waals surface area contributed by atoms with E-state index in [1.54, 1.807) is 57.5 Å². The molecule has 0 bridgehead atoms. The van der Waals surface area contributed by atoms with Crippen LogP contribution in [0.3, 0.4) is 0 Å². The van der Waals surface area contributed by atoms with Crippen molar-refractivity contribution < 1.29 is 51.3 Å². The van der Waals surface area contributed by atoms with Gasteiger partial charge in [0, 0.05) is 86.5 Å². The fourth-order valence-electron chi connectivity index (χ4n) is 9.25. The highest BCUT2D eigenvalue weighted by molar-refractivity contribution is 7.10. The molecule has 20 heteroatoms. The second-order valence-corrected chi connectivity index (χ2v) is 20.9. The number of alkyl halides is 3. The van der Waals surface area contributed by atoms with E-state index in [-0.39, 0.29) is 37.1 Å². The molecule has 376 valence electrons. The van der Waals surface area contributed by atoms with Gasteiger partial charge in [-0.3, -0.25) is 24.9 Å². The van der Waals surface area contributed by atoms with Crippen LogP contribution in [0.2, 0.25) is 0 Å². The highest BCUT2D eigenvalue weighted by atomic mass is 32.1. The molecule has 1 amide bonds. The van der Waals surface area contributed by atoms with Crippen molar-refractivity contribution in [2.75, 3.05) is 58.5 Å². The summed E-state index contributed by atoms with van der Waals surface area (Å²) >= 11 is 1.21. The summed E-state index contributed by atoms with van der Waals surface area (Å²) in [5.41, 5.74) is 5.80. The number of piperazine rings is 1. The normalized spacial score (nSPS) is 19.6. The van der Waals surface area contributed by atoms with Gasteiger partial charge in [0.1, 0.15) is 5.60 Å². The Morgan fingerprint density at radius 2 is 1.75 bits per heavy atom. The van der Waals surface area contributed by atoms with Gasteiger partial charge in [-0.1, -0.05) is 19.9 Å². The number of carbonyl (C=O) groups excluding carboxylic acids is 4. The van der Waals surface area contributed by atoms with Crippen LogP contribution in [0.5, 0.6) is 0 Å². The third kappa shape index (κ3) is 11.7. The maximum Gasteiger partial charge on any atom is 0.408 e. The zero-order chi connectivity index (χ0) is 50.0. The molecule has 1 aliphatic carbocycles. The number of fused-ring (bicyclic) bond motifs is 1. The summed E-state index contributed by atoms with van der Waals surface area (Å²) in [5.74, 6) is -1.95. The summed E-state index contributed by atoms with van der Waals surface area (Å²) < 4.78 is 69.5. The number of benzene rings is 1. The summed E-state index contributed by atoms with van der Waals surface area (Å²) in [6, 6.07) is 6.27. The first-order chi connectivity index (χ1) is 32.6. The van der Waals surface area contributed by atoms with Crippen LogP contribution >= 0.6 is 11.3 Å². The van der Waals surface area contributed by atoms with Gasteiger partial charge in [0.15, 0.2) is 11.3 Å². The number of ether oxygens (including phenoxy) is 4. The Balaban J connectivity index is 1.35. The topological polar surface area (TPSA) is 178 Å². The highest BCUT2D eigenvalue weighted by Crippen LogP contribution is 2.45. The number of hydrogen-bond donors (Lipinski definition) is 3. The molecule has 0 spiro atoms. The largest absolute Gasteiger partial charge is 0.467 e. The van der Waals surface area contributed by atoms with Crippen molar-refractivity contribution in [3.63, 3.8) is 0 Å². The first kappa shape index (κ1) is 51.7. The third-order valence-corrected chi connectivity index (χ3v) is 13.7. The molecule has 1 aromatic carbocycles. The summed E-state index contributed by atoms with van der Waals surface area (Å²) in [5, 5.41) is 5.31. The second-order valence-electron chi connectivity index (χ2n) is 20.0. The molecule has 69 heavy (non-hydrogen) atoms. The average Bonchev–Trinajstić information content (AvgIpc) is 3.99. The van der Waals surface area contributed by atoms with Crippen LogP contribution in [-0.4, -0.2) is 126 Å². The Morgan fingerprint density at radius 1 is 1.03 bits per heavy atom. The number of halogens is 3. The predicted molar refractivity (Wildman–Crippen MR) is 256 cm³/mol. The molecule has 2 aliphatic heterocycles. The Hall–Kier alpha value is -5.15. The lowest BCUT2D eigenvalue weighted by molar-refractivity contribution is -0.156. The van der Waals surface area contributed by atoms with E-state index in [2.05, 4.69) is 26.0 Å². The molecule has 3 aliphatic rings. The zero-order valence-corrected chi connectivity index (χ0v) is 41.7. The van der Waals surface area contributed by atoms with E-state index >= 15 is 4.39 Å². The number of alkyl carbamates (subject to hydrolysis) is 1. The SMILES string of the molecule is COC(=O)C1(C(=O)C(Cc2nc(-c3ccc4c(c3)c(CC(C)(C)COC(C)=O)c(-c3cc(N5CCN(C6CC6)CC5)cnc3[C@H](C)OC)n4C(F)C(F)F)cs2)NC(=O)OC(C)(C)C)CCCNN1. The van der Waals surface area contributed by atoms with Crippen molar-refractivity contribution in [1.82, 2.24) is 35.6 Å². The van der Waals surface area contributed by atoms with Gasteiger partial charge < -0.3 is 33.7 Å². The van der Waals surface area contributed by atoms with E-state index in [4.69, 9.17) is 28.9 Å². The van der Waals surface area contributed by atoms with Crippen LogP contribution in [-0.2, 0) is 46.2 Å². The molecule has 3 aromatic heterocycles. The summed E-state index contributed by atoms with van der Waals surface area (Å²) in [7, 11) is 2.71. The molecule has 7 rings (SSSR count). The number of carbonyl (C=O) groups is 4. The Labute approximate surface area is 404 Å². The number of pyridine rings is 1. The van der Waals surface area contributed by atoms with Crippen molar-refractivity contribution in [2.24, 2.45) is 5.41 Å². The summed E-state index contributed by atoms with van der Waals surface area (Å²) in [6.45, 7) is 15.6. The zero-order valence-electron chi connectivity index (χ0n) is 40.9. The van der Waals surface area contributed by atoms with Crippen LogP contribution in [0.25, 0.3) is 33.4 Å². The number of thiazole rings is 1. The van der Waals surface area contributed by atoms with E-state index < -0.39 is 65.2 Å². The molecule has 3 unspecified atom stereocenters. The van der Waals surface area contributed by atoms with Crippen molar-refractivity contribution in [2.45, 2.75) is 129 Å². The number of hydrazine groups is 1. The molecule has 3 N–H and O–H groups in total. The van der Waals surface area contributed by atoms with E-state index in [1.807, 2.05) is 19.9 Å². The maximum absolute atomic E-state index is 16.6. The van der Waals surface area contributed by atoms with Crippen molar-refractivity contribution >= 4 is 51.7 Å². The number of Topliss-reactive ketones (excluding diaryl/α,β-unsaturated/α-hetero) is 1. The Kier molecular flexibility index (Phi) is 15.8. The van der Waals surface area contributed by atoms with Gasteiger partial charge in [-0.15, -0.1) is 11.3 Å². The maximum atomic E-state index is 16.6. The van der Waals surface area contributed by atoms with Crippen LogP contribution in [0.15, 0.2) is 35.8 Å². The number of hydrogen-bond acceptors (Lipinski definition) is 15. The van der Waals surface area contributed by atoms with Crippen LogP contribution in [0.4, 0.5) is 23.7 Å². The first-order valence-electron chi connectivity index (χ1n) is 23.5. The van der Waals surface area contributed by atoms with Crippen molar-refractivity contribution in [3.8, 4) is 22.5 Å². The van der Waals surface area contributed by atoms with Gasteiger partial charge in [0.2, 0.25) is 6.30 Å². The number of nitrogens with one attached hydrogen (secondary N) is 3. The van der Waals surface area contributed by atoms with E-state index in [0.717, 1.165) is 36.4 Å². The van der Waals surface area contributed by atoms with Gasteiger partial charge in [-0.2, -0.15) is 0 Å². The number of esters is 2. The smallest absolute Gasteiger partial charge is 0.408 e. The van der Waals surface area contributed by atoms with Crippen LogP contribution in [0, 0.1) is 5.41 Å². The lowest BCUT2D eigenvalue weighted by atomic mass is 9.83. The lowest BCUT2D eigenvalue weighted by Crippen LogP contribution is -2.69. The number of aromatic nitrogens is 3. The number of methoxy groups -OCH3 is 2.